The number of nitrogens with zero attached hydrogens (tertiary/aromatic N) is 1. The molecule has 0 aliphatic heterocycles. The molecule has 5 heteroatoms. The number of amides is 1. The number of nitrogens with one attached hydrogen (secondary N) is 1. The number of ether oxygens (including phenoxy) is 1. The van der Waals surface area contributed by atoms with Crippen LogP contribution in [0.5, 0.6) is 5.75 Å². The second-order valence-electron chi connectivity index (χ2n) is 4.11. The number of hydrogen-bond donors (Lipinski definition) is 2. The van der Waals surface area contributed by atoms with Crippen LogP contribution in [0.4, 0.5) is 0 Å². The van der Waals surface area contributed by atoms with E-state index >= 15 is 0 Å². The van der Waals surface area contributed by atoms with Gasteiger partial charge in [-0.2, -0.15) is 0 Å². The highest BCUT2D eigenvalue weighted by atomic mass is 16.5. The largest absolute Gasteiger partial charge is 0.492 e. The molecular formula is C13H21N3O2. The number of hydrogen-bond acceptors (Lipinski definition) is 4. The summed E-state index contributed by atoms with van der Waals surface area (Å²) in [7, 11) is 3.51. The molecule has 0 radical (unpaired) electrons. The number of rotatable bonds is 7. The summed E-state index contributed by atoms with van der Waals surface area (Å²) in [6.45, 7) is 2.12. The van der Waals surface area contributed by atoms with Crippen LogP contribution in [-0.2, 0) is 11.3 Å². The van der Waals surface area contributed by atoms with Crippen molar-refractivity contribution in [2.75, 3.05) is 33.8 Å². The van der Waals surface area contributed by atoms with Crippen molar-refractivity contribution >= 4 is 5.91 Å². The smallest absolute Gasteiger partial charge is 0.233 e. The van der Waals surface area contributed by atoms with Crippen LogP contribution < -0.4 is 15.8 Å². The molecule has 0 aromatic heterocycles. The Kier molecular flexibility index (Phi) is 6.18. The molecule has 1 amide bonds. The van der Waals surface area contributed by atoms with Gasteiger partial charge in [0, 0.05) is 20.1 Å². The molecule has 0 unspecified atom stereocenters. The summed E-state index contributed by atoms with van der Waals surface area (Å²) < 4.78 is 5.61. The van der Waals surface area contributed by atoms with Gasteiger partial charge in [0.15, 0.2) is 0 Å². The normalized spacial score (nSPS) is 10.4. The number of nitrogens with two attached hydrogens (primary N) is 1. The van der Waals surface area contributed by atoms with Gasteiger partial charge < -0.3 is 15.8 Å². The molecule has 0 spiro atoms. The summed E-state index contributed by atoms with van der Waals surface area (Å²) in [5, 5.41) is 2.58. The zero-order valence-corrected chi connectivity index (χ0v) is 11.0. The summed E-state index contributed by atoms with van der Waals surface area (Å²) in [6, 6.07) is 7.72. The number of carbonyl (C=O) groups excluding carboxylic acids is 1. The zero-order valence-electron chi connectivity index (χ0n) is 11.0. The number of likely N-dealkylation sites (N-methyl/N-ethyl adjacent to an activating group) is 2. The highest BCUT2D eigenvalue weighted by molar-refractivity contribution is 5.77. The van der Waals surface area contributed by atoms with Crippen LogP contribution in [0.15, 0.2) is 24.3 Å². The fourth-order valence-electron chi connectivity index (χ4n) is 1.48. The molecule has 18 heavy (non-hydrogen) atoms. The van der Waals surface area contributed by atoms with E-state index in [2.05, 4.69) is 5.32 Å². The molecule has 100 valence electrons. The van der Waals surface area contributed by atoms with Gasteiger partial charge in [-0.25, -0.2) is 0 Å². The number of carbonyl (C=O) groups is 1. The van der Waals surface area contributed by atoms with Crippen molar-refractivity contribution in [3.63, 3.8) is 0 Å². The van der Waals surface area contributed by atoms with Gasteiger partial charge in [-0.1, -0.05) is 12.1 Å². The van der Waals surface area contributed by atoms with E-state index in [-0.39, 0.29) is 5.91 Å². The third-order valence-electron chi connectivity index (χ3n) is 2.57. The van der Waals surface area contributed by atoms with Gasteiger partial charge in [-0.3, -0.25) is 9.69 Å². The second-order valence-corrected chi connectivity index (χ2v) is 4.11. The molecule has 0 bridgehead atoms. The molecule has 0 atom stereocenters. The van der Waals surface area contributed by atoms with Crippen molar-refractivity contribution in [3.8, 4) is 5.75 Å². The fraction of sp³-hybridized carbons (Fsp3) is 0.462. The lowest BCUT2D eigenvalue weighted by atomic mass is 10.2. The minimum absolute atomic E-state index is 0.00243. The van der Waals surface area contributed by atoms with Crippen LogP contribution in [0.1, 0.15) is 5.56 Å². The Morgan fingerprint density at radius 1 is 1.50 bits per heavy atom. The SMILES string of the molecule is CNC(=O)CN(C)CCOc1cccc(CN)c1. The Labute approximate surface area is 108 Å². The summed E-state index contributed by atoms with van der Waals surface area (Å²) in [5.41, 5.74) is 6.60. The van der Waals surface area contributed by atoms with Crippen molar-refractivity contribution in [1.29, 1.82) is 0 Å². The molecular weight excluding hydrogens is 230 g/mol. The van der Waals surface area contributed by atoms with E-state index < -0.39 is 0 Å². The Bertz CT molecular complexity index is 382. The van der Waals surface area contributed by atoms with Gasteiger partial charge >= 0.3 is 0 Å². The van der Waals surface area contributed by atoms with E-state index in [0.29, 0.717) is 26.2 Å². The van der Waals surface area contributed by atoms with Crippen molar-refractivity contribution in [3.05, 3.63) is 29.8 Å². The van der Waals surface area contributed by atoms with Gasteiger partial charge in [-0.15, -0.1) is 0 Å². The maximum atomic E-state index is 11.1. The van der Waals surface area contributed by atoms with Gasteiger partial charge in [0.1, 0.15) is 12.4 Å². The first-order chi connectivity index (χ1) is 8.65. The van der Waals surface area contributed by atoms with Crippen molar-refractivity contribution in [2.24, 2.45) is 5.73 Å². The molecule has 0 saturated heterocycles. The van der Waals surface area contributed by atoms with E-state index in [1.165, 1.54) is 0 Å². The molecule has 1 rings (SSSR count). The summed E-state index contributed by atoms with van der Waals surface area (Å²) in [4.78, 5) is 13.0. The van der Waals surface area contributed by atoms with E-state index in [1.54, 1.807) is 7.05 Å². The first-order valence-electron chi connectivity index (χ1n) is 5.96. The van der Waals surface area contributed by atoms with Crippen LogP contribution >= 0.6 is 0 Å². The third kappa shape index (κ3) is 5.16. The topological polar surface area (TPSA) is 67.6 Å². The lowest BCUT2D eigenvalue weighted by Crippen LogP contribution is -2.35. The first kappa shape index (κ1) is 14.5. The van der Waals surface area contributed by atoms with Crippen LogP contribution in [0, 0.1) is 0 Å². The number of benzene rings is 1. The summed E-state index contributed by atoms with van der Waals surface area (Å²) in [5.74, 6) is 0.814. The molecule has 0 aliphatic carbocycles. The Hall–Kier alpha value is -1.59. The minimum Gasteiger partial charge on any atom is -0.492 e. The molecule has 0 heterocycles. The Morgan fingerprint density at radius 2 is 2.28 bits per heavy atom. The second kappa shape index (κ2) is 7.68. The predicted octanol–water partition coefficient (Wildman–Crippen LogP) is 0.202. The molecule has 0 aliphatic rings. The van der Waals surface area contributed by atoms with Crippen LogP contribution in [0.3, 0.4) is 0 Å². The Morgan fingerprint density at radius 3 is 2.94 bits per heavy atom. The molecule has 3 N–H and O–H groups in total. The third-order valence-corrected chi connectivity index (χ3v) is 2.57. The standard InChI is InChI=1S/C13H21N3O2/c1-15-13(17)10-16(2)6-7-18-12-5-3-4-11(8-12)9-14/h3-5,8H,6-7,9-10,14H2,1-2H3,(H,15,17). The van der Waals surface area contributed by atoms with Crippen molar-refractivity contribution < 1.29 is 9.53 Å². The van der Waals surface area contributed by atoms with E-state index in [1.807, 2.05) is 36.2 Å². The maximum Gasteiger partial charge on any atom is 0.233 e. The quantitative estimate of drug-likeness (QED) is 0.726. The molecule has 1 aromatic rings. The summed E-state index contributed by atoms with van der Waals surface area (Å²) in [6.07, 6.45) is 0. The highest BCUT2D eigenvalue weighted by Gasteiger charge is 2.04. The van der Waals surface area contributed by atoms with Gasteiger partial charge in [-0.05, 0) is 24.7 Å². The first-order valence-corrected chi connectivity index (χ1v) is 5.96. The predicted molar refractivity (Wildman–Crippen MR) is 71.4 cm³/mol. The Balaban J connectivity index is 2.30. The lowest BCUT2D eigenvalue weighted by molar-refractivity contribution is -0.121. The minimum atomic E-state index is 0.00243. The van der Waals surface area contributed by atoms with Gasteiger partial charge in [0.05, 0.1) is 6.54 Å². The van der Waals surface area contributed by atoms with E-state index in [4.69, 9.17) is 10.5 Å². The average Bonchev–Trinajstić information content (AvgIpc) is 2.38. The zero-order chi connectivity index (χ0) is 13.4. The highest BCUT2D eigenvalue weighted by Crippen LogP contribution is 2.12. The van der Waals surface area contributed by atoms with E-state index in [0.717, 1.165) is 11.3 Å². The molecule has 5 nitrogen and oxygen atoms in total. The van der Waals surface area contributed by atoms with E-state index in [9.17, 15) is 4.79 Å². The fourth-order valence-corrected chi connectivity index (χ4v) is 1.48. The molecule has 0 fully saturated rings. The lowest BCUT2D eigenvalue weighted by Gasteiger charge is -2.16. The van der Waals surface area contributed by atoms with Crippen LogP contribution in [0.2, 0.25) is 0 Å². The van der Waals surface area contributed by atoms with Gasteiger partial charge in [0.2, 0.25) is 5.91 Å². The van der Waals surface area contributed by atoms with Crippen molar-refractivity contribution in [2.45, 2.75) is 6.54 Å². The van der Waals surface area contributed by atoms with Crippen LogP contribution in [-0.4, -0.2) is 44.6 Å². The van der Waals surface area contributed by atoms with Gasteiger partial charge in [0.25, 0.3) is 0 Å². The monoisotopic (exact) mass is 251 g/mol. The van der Waals surface area contributed by atoms with Crippen LogP contribution in [0.25, 0.3) is 0 Å². The van der Waals surface area contributed by atoms with Crippen molar-refractivity contribution in [1.82, 2.24) is 10.2 Å². The maximum absolute atomic E-state index is 11.1. The molecule has 1 aromatic carbocycles. The average molecular weight is 251 g/mol. The summed E-state index contributed by atoms with van der Waals surface area (Å²) >= 11 is 0. The molecule has 0 saturated carbocycles.